The van der Waals surface area contributed by atoms with Crippen LogP contribution in [0.4, 0.5) is 0 Å². The molecule has 0 atom stereocenters. The molecule has 0 aromatic rings. The Kier molecular flexibility index (Phi) is 4.32. The molecule has 0 amide bonds. The lowest BCUT2D eigenvalue weighted by molar-refractivity contribution is 0.236. The first-order chi connectivity index (χ1) is 6.33. The van der Waals surface area contributed by atoms with Crippen LogP contribution in [0.1, 0.15) is 51.4 Å². The molecule has 1 aliphatic carbocycles. The molecule has 0 radical (unpaired) electrons. The van der Waals surface area contributed by atoms with Crippen LogP contribution in [-0.2, 0) is 0 Å². The van der Waals surface area contributed by atoms with Gasteiger partial charge in [-0.2, -0.15) is 0 Å². The third kappa shape index (κ3) is 3.04. The van der Waals surface area contributed by atoms with E-state index >= 15 is 0 Å². The lowest BCUT2D eigenvalue weighted by atomic mass is 9.77. The van der Waals surface area contributed by atoms with Crippen LogP contribution >= 0.6 is 0 Å². The van der Waals surface area contributed by atoms with Crippen LogP contribution < -0.4 is 5.73 Å². The number of terminal acetylenes is 1. The van der Waals surface area contributed by atoms with E-state index in [1.165, 1.54) is 38.5 Å². The number of hydrogen-bond acceptors (Lipinski definition) is 1. The third-order valence-electron chi connectivity index (χ3n) is 3.40. The predicted molar refractivity (Wildman–Crippen MR) is 57.3 cm³/mol. The van der Waals surface area contributed by atoms with Crippen LogP contribution in [0, 0.1) is 17.8 Å². The summed E-state index contributed by atoms with van der Waals surface area (Å²) in [5.74, 6) is 2.74. The van der Waals surface area contributed by atoms with Crippen molar-refractivity contribution in [3.8, 4) is 12.3 Å². The molecule has 1 fully saturated rings. The molecule has 0 aliphatic heterocycles. The molecule has 2 N–H and O–H groups in total. The standard InChI is InChI=1S/C12H21N/c1-2-3-8-12(11-13)9-6-4-5-7-10-12/h1H,3-11,13H2. The molecule has 0 heterocycles. The van der Waals surface area contributed by atoms with E-state index in [2.05, 4.69) is 5.92 Å². The van der Waals surface area contributed by atoms with E-state index in [-0.39, 0.29) is 0 Å². The van der Waals surface area contributed by atoms with Crippen LogP contribution in [0.15, 0.2) is 0 Å². The average Bonchev–Trinajstić information content (AvgIpc) is 2.41. The van der Waals surface area contributed by atoms with Gasteiger partial charge in [-0.1, -0.05) is 25.7 Å². The first kappa shape index (κ1) is 10.6. The molecule has 1 saturated carbocycles. The van der Waals surface area contributed by atoms with Gasteiger partial charge in [-0.15, -0.1) is 12.3 Å². The van der Waals surface area contributed by atoms with Crippen molar-refractivity contribution in [1.82, 2.24) is 0 Å². The molecule has 0 spiro atoms. The third-order valence-corrected chi connectivity index (χ3v) is 3.40. The monoisotopic (exact) mass is 179 g/mol. The van der Waals surface area contributed by atoms with Gasteiger partial charge in [0.25, 0.3) is 0 Å². The normalized spacial score (nSPS) is 21.8. The molecule has 0 aromatic carbocycles. The van der Waals surface area contributed by atoms with Gasteiger partial charge >= 0.3 is 0 Å². The molecular weight excluding hydrogens is 158 g/mol. The van der Waals surface area contributed by atoms with Crippen LogP contribution in [0.2, 0.25) is 0 Å². The van der Waals surface area contributed by atoms with Crippen LogP contribution in [0.3, 0.4) is 0 Å². The van der Waals surface area contributed by atoms with Crippen molar-refractivity contribution < 1.29 is 0 Å². The summed E-state index contributed by atoms with van der Waals surface area (Å²) in [6.45, 7) is 0.828. The summed E-state index contributed by atoms with van der Waals surface area (Å²) in [5, 5.41) is 0. The van der Waals surface area contributed by atoms with Gasteiger partial charge in [0.2, 0.25) is 0 Å². The van der Waals surface area contributed by atoms with E-state index in [4.69, 9.17) is 12.2 Å². The first-order valence-corrected chi connectivity index (χ1v) is 5.46. The molecule has 1 rings (SSSR count). The van der Waals surface area contributed by atoms with E-state index < -0.39 is 0 Å². The van der Waals surface area contributed by atoms with E-state index in [1.807, 2.05) is 0 Å². The van der Waals surface area contributed by atoms with E-state index in [0.717, 1.165) is 19.4 Å². The summed E-state index contributed by atoms with van der Waals surface area (Å²) in [6, 6.07) is 0. The van der Waals surface area contributed by atoms with Crippen molar-refractivity contribution in [2.45, 2.75) is 51.4 Å². The minimum absolute atomic E-state index is 0.392. The van der Waals surface area contributed by atoms with Gasteiger partial charge in [0.05, 0.1) is 0 Å². The Labute approximate surface area is 82.1 Å². The van der Waals surface area contributed by atoms with E-state index in [1.54, 1.807) is 0 Å². The second-order valence-electron chi connectivity index (χ2n) is 4.32. The zero-order valence-corrected chi connectivity index (χ0v) is 8.52. The highest BCUT2D eigenvalue weighted by molar-refractivity contribution is 4.90. The summed E-state index contributed by atoms with van der Waals surface area (Å²) in [6.07, 6.45) is 15.4. The molecule has 0 unspecified atom stereocenters. The average molecular weight is 179 g/mol. The molecule has 1 nitrogen and oxygen atoms in total. The van der Waals surface area contributed by atoms with E-state index in [9.17, 15) is 0 Å². The Bertz CT molecular complexity index is 170. The fourth-order valence-electron chi connectivity index (χ4n) is 2.37. The first-order valence-electron chi connectivity index (χ1n) is 5.46. The maximum atomic E-state index is 5.88. The lowest BCUT2D eigenvalue weighted by Crippen LogP contribution is -2.29. The predicted octanol–water partition coefficient (Wildman–Crippen LogP) is 2.70. The number of rotatable bonds is 3. The van der Waals surface area contributed by atoms with Gasteiger partial charge in [0.15, 0.2) is 0 Å². The second-order valence-corrected chi connectivity index (χ2v) is 4.32. The van der Waals surface area contributed by atoms with Gasteiger partial charge in [-0.3, -0.25) is 0 Å². The van der Waals surface area contributed by atoms with Gasteiger partial charge in [0, 0.05) is 6.42 Å². The van der Waals surface area contributed by atoms with Crippen molar-refractivity contribution >= 4 is 0 Å². The van der Waals surface area contributed by atoms with Crippen molar-refractivity contribution in [3.63, 3.8) is 0 Å². The SMILES string of the molecule is C#CCCC1(CN)CCCCCC1. The zero-order valence-electron chi connectivity index (χ0n) is 8.52. The Morgan fingerprint density at radius 1 is 1.15 bits per heavy atom. The Balaban J connectivity index is 2.49. The Morgan fingerprint density at radius 3 is 2.23 bits per heavy atom. The molecule has 0 bridgehead atoms. The van der Waals surface area contributed by atoms with Crippen molar-refractivity contribution in [2.24, 2.45) is 11.1 Å². The molecule has 1 aliphatic rings. The summed E-state index contributed by atoms with van der Waals surface area (Å²) in [7, 11) is 0. The lowest BCUT2D eigenvalue weighted by Gasteiger charge is -2.30. The molecule has 0 aromatic heterocycles. The smallest absolute Gasteiger partial charge is 0.00918 e. The topological polar surface area (TPSA) is 26.0 Å². The van der Waals surface area contributed by atoms with Gasteiger partial charge in [-0.05, 0) is 31.2 Å². The summed E-state index contributed by atoms with van der Waals surface area (Å²) >= 11 is 0. The van der Waals surface area contributed by atoms with Crippen LogP contribution in [0.5, 0.6) is 0 Å². The van der Waals surface area contributed by atoms with Gasteiger partial charge in [-0.25, -0.2) is 0 Å². The number of hydrogen-bond donors (Lipinski definition) is 1. The maximum absolute atomic E-state index is 5.88. The van der Waals surface area contributed by atoms with Crippen molar-refractivity contribution in [3.05, 3.63) is 0 Å². The van der Waals surface area contributed by atoms with Crippen LogP contribution in [0.25, 0.3) is 0 Å². The summed E-state index contributed by atoms with van der Waals surface area (Å²) in [5.41, 5.74) is 6.27. The highest BCUT2D eigenvalue weighted by Gasteiger charge is 2.28. The molecular formula is C12H21N. The molecule has 0 saturated heterocycles. The van der Waals surface area contributed by atoms with Crippen molar-refractivity contribution in [1.29, 1.82) is 0 Å². The maximum Gasteiger partial charge on any atom is 0.00918 e. The molecule has 13 heavy (non-hydrogen) atoms. The largest absolute Gasteiger partial charge is 0.330 e. The minimum Gasteiger partial charge on any atom is -0.330 e. The number of nitrogens with two attached hydrogens (primary N) is 1. The van der Waals surface area contributed by atoms with Crippen molar-refractivity contribution in [2.75, 3.05) is 6.54 Å². The van der Waals surface area contributed by atoms with Gasteiger partial charge in [0.1, 0.15) is 0 Å². The molecule has 1 heteroatoms. The summed E-state index contributed by atoms with van der Waals surface area (Å²) in [4.78, 5) is 0. The van der Waals surface area contributed by atoms with Crippen LogP contribution in [-0.4, -0.2) is 6.54 Å². The Morgan fingerprint density at radius 2 is 1.77 bits per heavy atom. The molecule has 74 valence electrons. The fourth-order valence-corrected chi connectivity index (χ4v) is 2.37. The quantitative estimate of drug-likeness (QED) is 0.523. The highest BCUT2D eigenvalue weighted by atomic mass is 14.6. The fraction of sp³-hybridized carbons (Fsp3) is 0.833. The summed E-state index contributed by atoms with van der Waals surface area (Å²) < 4.78 is 0. The minimum atomic E-state index is 0.392. The van der Waals surface area contributed by atoms with E-state index in [0.29, 0.717) is 5.41 Å². The second kappa shape index (κ2) is 5.29. The van der Waals surface area contributed by atoms with Gasteiger partial charge < -0.3 is 5.73 Å². The Hall–Kier alpha value is -0.480. The highest BCUT2D eigenvalue weighted by Crippen LogP contribution is 2.37. The zero-order chi connectivity index (χ0) is 9.57.